The number of ether oxygens (including phenoxy) is 1. The normalized spacial score (nSPS) is 15.9. The Hall–Kier alpha value is -3.07. The van der Waals surface area contributed by atoms with Crippen molar-refractivity contribution in [1.82, 2.24) is 0 Å². The molecule has 1 aliphatic rings. The molecular formula is C34H45N2O+. The summed E-state index contributed by atoms with van der Waals surface area (Å²) in [5, 5.41) is 0. The average Bonchev–Trinajstić information content (AvgIpc) is 3.32. The summed E-state index contributed by atoms with van der Waals surface area (Å²) >= 11 is 0. The molecule has 0 bridgehead atoms. The standard InChI is InChI=1S/C34H45N2O/c1-22(2)28-16-13-17-29(23(3)4)33(28)35-20-32(26-14-11-10-12-15-26)36(21-35)34-30(24(5)6)18-27(37-9)19-31(34)25(7)8/h10-19,21-25,32H,20H2,1-9H3/q+1. The Balaban J connectivity index is 2.01. The number of nitrogens with zero attached hydrogens (tertiary/aromatic N) is 2. The number of para-hydroxylation sites is 1. The topological polar surface area (TPSA) is 15.5 Å². The van der Waals surface area contributed by atoms with Gasteiger partial charge in [-0.1, -0.05) is 104 Å². The predicted octanol–water partition coefficient (Wildman–Crippen LogP) is 9.12. The molecule has 3 aromatic rings. The van der Waals surface area contributed by atoms with Crippen molar-refractivity contribution < 1.29 is 9.31 Å². The fourth-order valence-corrected chi connectivity index (χ4v) is 5.65. The third-order valence-corrected chi connectivity index (χ3v) is 7.66. The number of methoxy groups -OCH3 is 1. The summed E-state index contributed by atoms with van der Waals surface area (Å²) in [6, 6.07) is 22.6. The maximum absolute atomic E-state index is 5.76. The second-order valence-electron chi connectivity index (χ2n) is 11.7. The Labute approximate surface area is 224 Å². The minimum absolute atomic E-state index is 0.213. The van der Waals surface area contributed by atoms with Crippen molar-refractivity contribution in [2.45, 2.75) is 85.1 Å². The van der Waals surface area contributed by atoms with Gasteiger partial charge in [-0.15, -0.1) is 0 Å². The molecule has 4 rings (SSSR count). The van der Waals surface area contributed by atoms with Crippen LogP contribution < -0.4 is 9.64 Å². The van der Waals surface area contributed by atoms with Crippen LogP contribution in [0.5, 0.6) is 5.75 Å². The van der Waals surface area contributed by atoms with Crippen LogP contribution in [0, 0.1) is 0 Å². The van der Waals surface area contributed by atoms with Gasteiger partial charge >= 0.3 is 0 Å². The molecular weight excluding hydrogens is 452 g/mol. The summed E-state index contributed by atoms with van der Waals surface area (Å²) in [4.78, 5) is 2.56. The molecule has 3 nitrogen and oxygen atoms in total. The second-order valence-corrected chi connectivity index (χ2v) is 11.7. The minimum atomic E-state index is 0.213. The summed E-state index contributed by atoms with van der Waals surface area (Å²) in [6.45, 7) is 19.3. The fraction of sp³-hybridized carbons (Fsp3) is 0.441. The Morgan fingerprint density at radius 1 is 0.703 bits per heavy atom. The van der Waals surface area contributed by atoms with Gasteiger partial charge < -0.3 is 4.74 Å². The minimum Gasteiger partial charge on any atom is -0.497 e. The molecule has 196 valence electrons. The van der Waals surface area contributed by atoms with E-state index < -0.39 is 0 Å². The van der Waals surface area contributed by atoms with E-state index in [0.29, 0.717) is 23.7 Å². The van der Waals surface area contributed by atoms with E-state index in [0.717, 1.165) is 12.3 Å². The molecule has 37 heavy (non-hydrogen) atoms. The van der Waals surface area contributed by atoms with Crippen LogP contribution >= 0.6 is 0 Å². The summed E-state index contributed by atoms with van der Waals surface area (Å²) in [6.07, 6.45) is 2.39. The van der Waals surface area contributed by atoms with Crippen molar-refractivity contribution in [1.29, 1.82) is 0 Å². The Kier molecular flexibility index (Phi) is 8.11. The predicted molar refractivity (Wildman–Crippen MR) is 158 cm³/mol. The smallest absolute Gasteiger partial charge is 0.245 e. The van der Waals surface area contributed by atoms with E-state index in [-0.39, 0.29) is 6.04 Å². The maximum Gasteiger partial charge on any atom is 0.245 e. The first-order chi connectivity index (χ1) is 17.6. The molecule has 3 aromatic carbocycles. The SMILES string of the molecule is COc1cc(C(C)C)c(N2C=[N+](c3c(C(C)C)cccc3C(C)C)CC2c2ccccc2)c(C(C)C)c1. The van der Waals surface area contributed by atoms with Gasteiger partial charge in [-0.05, 0) is 35.8 Å². The molecule has 0 aliphatic carbocycles. The molecule has 0 spiro atoms. The molecule has 0 aromatic heterocycles. The average molecular weight is 498 g/mol. The largest absolute Gasteiger partial charge is 0.497 e. The first-order valence-corrected chi connectivity index (χ1v) is 13.9. The molecule has 1 atom stereocenters. The highest BCUT2D eigenvalue weighted by Gasteiger charge is 2.40. The highest BCUT2D eigenvalue weighted by molar-refractivity contribution is 5.84. The van der Waals surface area contributed by atoms with E-state index in [9.17, 15) is 0 Å². The molecule has 0 radical (unpaired) electrons. The van der Waals surface area contributed by atoms with E-state index in [1.165, 1.54) is 39.2 Å². The molecule has 0 saturated carbocycles. The summed E-state index contributed by atoms with van der Waals surface area (Å²) < 4.78 is 8.29. The van der Waals surface area contributed by atoms with Gasteiger partial charge in [0.15, 0.2) is 6.04 Å². The third-order valence-electron chi connectivity index (χ3n) is 7.66. The first kappa shape index (κ1) is 27.0. The van der Waals surface area contributed by atoms with Crippen molar-refractivity contribution >= 4 is 17.7 Å². The quantitative estimate of drug-likeness (QED) is 0.288. The van der Waals surface area contributed by atoms with Gasteiger partial charge in [-0.25, -0.2) is 9.48 Å². The van der Waals surface area contributed by atoms with Crippen LogP contribution in [0.4, 0.5) is 11.4 Å². The van der Waals surface area contributed by atoms with E-state index >= 15 is 0 Å². The van der Waals surface area contributed by atoms with E-state index in [1.807, 2.05) is 0 Å². The zero-order valence-electron chi connectivity index (χ0n) is 24.2. The number of hydrogen-bond donors (Lipinski definition) is 0. The lowest BCUT2D eigenvalue weighted by Crippen LogP contribution is -2.26. The van der Waals surface area contributed by atoms with E-state index in [1.54, 1.807) is 7.11 Å². The van der Waals surface area contributed by atoms with Crippen LogP contribution in [0.1, 0.15) is 113 Å². The van der Waals surface area contributed by atoms with Crippen LogP contribution in [0.15, 0.2) is 60.7 Å². The van der Waals surface area contributed by atoms with Gasteiger partial charge in [0.1, 0.15) is 23.7 Å². The lowest BCUT2D eigenvalue weighted by molar-refractivity contribution is -0.430. The van der Waals surface area contributed by atoms with Gasteiger partial charge in [-0.3, -0.25) is 0 Å². The fourth-order valence-electron chi connectivity index (χ4n) is 5.65. The third kappa shape index (κ3) is 5.32. The van der Waals surface area contributed by atoms with Gasteiger partial charge in [0.25, 0.3) is 0 Å². The number of rotatable bonds is 8. The lowest BCUT2D eigenvalue weighted by atomic mass is 9.90. The highest BCUT2D eigenvalue weighted by Crippen LogP contribution is 2.44. The number of benzene rings is 3. The van der Waals surface area contributed by atoms with Crippen molar-refractivity contribution in [2.24, 2.45) is 0 Å². The van der Waals surface area contributed by atoms with Gasteiger partial charge in [0.2, 0.25) is 6.34 Å². The summed E-state index contributed by atoms with van der Waals surface area (Å²) in [5.41, 5.74) is 9.55. The lowest BCUT2D eigenvalue weighted by Gasteiger charge is -2.26. The first-order valence-electron chi connectivity index (χ1n) is 13.9. The zero-order chi connectivity index (χ0) is 26.9. The highest BCUT2D eigenvalue weighted by atomic mass is 16.5. The summed E-state index contributed by atoms with van der Waals surface area (Å²) in [7, 11) is 1.77. The van der Waals surface area contributed by atoms with Gasteiger partial charge in [0, 0.05) is 27.8 Å². The molecule has 0 saturated heterocycles. The van der Waals surface area contributed by atoms with Crippen LogP contribution in [-0.2, 0) is 0 Å². The molecule has 1 unspecified atom stereocenters. The summed E-state index contributed by atoms with van der Waals surface area (Å²) in [5.74, 6) is 2.58. The zero-order valence-corrected chi connectivity index (χ0v) is 24.2. The van der Waals surface area contributed by atoms with Crippen molar-refractivity contribution in [2.75, 3.05) is 18.6 Å². The van der Waals surface area contributed by atoms with Gasteiger partial charge in [-0.2, -0.15) is 0 Å². The molecule has 0 fully saturated rings. The molecule has 3 heteroatoms. The van der Waals surface area contributed by atoms with Crippen LogP contribution in [0.3, 0.4) is 0 Å². The molecule has 1 heterocycles. The molecule has 0 amide bonds. The second kappa shape index (κ2) is 11.1. The Bertz CT molecular complexity index is 1200. The number of hydrogen-bond acceptors (Lipinski definition) is 2. The monoisotopic (exact) mass is 497 g/mol. The van der Waals surface area contributed by atoms with Gasteiger partial charge in [0.05, 0.1) is 7.11 Å². The number of anilines is 1. The molecule has 0 N–H and O–H groups in total. The van der Waals surface area contributed by atoms with Crippen LogP contribution in [-0.4, -0.2) is 24.6 Å². The van der Waals surface area contributed by atoms with Crippen LogP contribution in [0.25, 0.3) is 0 Å². The van der Waals surface area contributed by atoms with Crippen molar-refractivity contribution in [3.05, 3.63) is 88.5 Å². The maximum atomic E-state index is 5.76. The van der Waals surface area contributed by atoms with E-state index in [2.05, 4.69) is 132 Å². The van der Waals surface area contributed by atoms with Crippen molar-refractivity contribution in [3.8, 4) is 5.75 Å². The van der Waals surface area contributed by atoms with E-state index in [4.69, 9.17) is 4.74 Å². The Morgan fingerprint density at radius 2 is 1.22 bits per heavy atom. The van der Waals surface area contributed by atoms with Crippen molar-refractivity contribution in [3.63, 3.8) is 0 Å². The van der Waals surface area contributed by atoms with Crippen LogP contribution in [0.2, 0.25) is 0 Å². The Morgan fingerprint density at radius 3 is 1.68 bits per heavy atom. The molecule has 1 aliphatic heterocycles.